The Labute approximate surface area is 465 Å². The molecule has 7 aromatic carbocycles. The summed E-state index contributed by atoms with van der Waals surface area (Å²) >= 11 is 0. The van der Waals surface area contributed by atoms with Crippen molar-refractivity contribution in [3.05, 3.63) is 251 Å². The fraction of sp³-hybridized carbons (Fsp3) is 0.219. The molecule has 3 heterocycles. The smallest absolute Gasteiger partial charge is 0.338 e. The zero-order valence-corrected chi connectivity index (χ0v) is 43.1. The predicted octanol–water partition coefficient (Wildman–Crippen LogP) is 8.73. The van der Waals surface area contributed by atoms with Crippen molar-refractivity contribution in [3.8, 4) is 12.3 Å². The number of esters is 6. The minimum absolute atomic E-state index is 0.0348. The molecule has 3 fully saturated rings. The van der Waals surface area contributed by atoms with Gasteiger partial charge in [0.1, 0.15) is 31.5 Å². The van der Waals surface area contributed by atoms with Crippen LogP contribution in [0.1, 0.15) is 74.1 Å². The third-order valence-electron chi connectivity index (χ3n) is 13.4. The van der Waals surface area contributed by atoms with Gasteiger partial charge in [0.05, 0.1) is 39.8 Å². The van der Waals surface area contributed by atoms with E-state index in [1.807, 2.05) is 0 Å². The lowest BCUT2D eigenvalue weighted by Crippen LogP contribution is -2.66. The summed E-state index contributed by atoms with van der Waals surface area (Å²) in [6.45, 7) is -1.31. The van der Waals surface area contributed by atoms with Crippen molar-refractivity contribution in [3.63, 3.8) is 0 Å². The molecule has 410 valence electrons. The minimum atomic E-state index is -1.97. The second-order valence-electron chi connectivity index (χ2n) is 18.8. The molecule has 17 nitrogen and oxygen atoms in total. The van der Waals surface area contributed by atoms with Crippen LogP contribution in [0.4, 0.5) is 0 Å². The van der Waals surface area contributed by atoms with E-state index < -0.39 is 116 Å². The molecular formula is C64H52O17. The van der Waals surface area contributed by atoms with Crippen LogP contribution in [0.3, 0.4) is 0 Å². The molecule has 17 heteroatoms. The standard InChI is InChI=1S/C64H52O17/c1-2-38-64(47-36-22-9-23-37-47)80-55-53(77-60(69)45-32-18-7-19-33-45)51(49(74-63(55)81-64)40-72-57(66)42-26-12-4-13-27-42)79-62-54(78-61(70)46-34-20-8-21-35-46)52(76-59(68)44-30-16-6-17-31-44)50(75-58(67)43-28-14-5-15-29-43)48(73-62)39-71-56(65)41-24-10-3-11-25-41/h1,3-37,48-55,62-63H,38-40H2/t48-,49-,50+,51-,52+,53+,54-,55-,62+,63-,64?/m1/s1. The van der Waals surface area contributed by atoms with Gasteiger partial charge < -0.3 is 52.1 Å². The Bertz CT molecular complexity index is 3310. The molecule has 1 unspecified atom stereocenters. The van der Waals surface area contributed by atoms with Gasteiger partial charge in [-0.3, -0.25) is 0 Å². The topological polar surface area (TPSA) is 204 Å². The van der Waals surface area contributed by atoms with Gasteiger partial charge in [0, 0.05) is 5.56 Å². The lowest BCUT2D eigenvalue weighted by molar-refractivity contribution is -0.343. The van der Waals surface area contributed by atoms with E-state index in [1.165, 1.54) is 60.7 Å². The van der Waals surface area contributed by atoms with Gasteiger partial charge >= 0.3 is 35.8 Å². The molecule has 7 aromatic rings. The van der Waals surface area contributed by atoms with Crippen LogP contribution in [0, 0.1) is 12.3 Å². The zero-order chi connectivity index (χ0) is 56.1. The predicted molar refractivity (Wildman–Crippen MR) is 286 cm³/mol. The number of carbonyl (C=O) groups excluding carboxylic acids is 6. The number of rotatable bonds is 18. The average Bonchev–Trinajstić information content (AvgIpc) is 3.97. The molecule has 3 saturated heterocycles. The molecule has 3 aliphatic rings. The molecule has 0 bridgehead atoms. The fourth-order valence-electron chi connectivity index (χ4n) is 9.49. The normalized spacial score (nSPS) is 24.6. The van der Waals surface area contributed by atoms with Crippen molar-refractivity contribution in [1.82, 2.24) is 0 Å². The van der Waals surface area contributed by atoms with Gasteiger partial charge in [-0.25, -0.2) is 28.8 Å². The first-order chi connectivity index (χ1) is 39.6. The summed E-state index contributed by atoms with van der Waals surface area (Å²) in [5.74, 6) is -4.40. The van der Waals surface area contributed by atoms with E-state index in [1.54, 1.807) is 152 Å². The van der Waals surface area contributed by atoms with Crippen molar-refractivity contribution >= 4 is 35.8 Å². The largest absolute Gasteiger partial charge is 0.459 e. The highest BCUT2D eigenvalue weighted by Crippen LogP contribution is 2.47. The Morgan fingerprint density at radius 1 is 0.395 bits per heavy atom. The van der Waals surface area contributed by atoms with Crippen LogP contribution >= 0.6 is 0 Å². The maximum atomic E-state index is 14.6. The number of benzene rings is 7. The summed E-state index contributed by atoms with van der Waals surface area (Å²) in [6, 6.07) is 56.5. The van der Waals surface area contributed by atoms with Gasteiger partial charge in [-0.2, -0.15) is 0 Å². The summed E-state index contributed by atoms with van der Waals surface area (Å²) in [7, 11) is 0. The van der Waals surface area contributed by atoms with Gasteiger partial charge in [0.2, 0.25) is 5.79 Å². The van der Waals surface area contributed by atoms with Gasteiger partial charge in [0.25, 0.3) is 0 Å². The molecule has 3 aliphatic heterocycles. The van der Waals surface area contributed by atoms with E-state index in [9.17, 15) is 28.8 Å². The number of fused-ring (bicyclic) bond motifs is 1. The van der Waals surface area contributed by atoms with Crippen LogP contribution in [-0.2, 0) is 57.9 Å². The first kappa shape index (κ1) is 55.1. The van der Waals surface area contributed by atoms with Gasteiger partial charge in [-0.1, -0.05) is 140 Å². The van der Waals surface area contributed by atoms with Gasteiger partial charge in [0.15, 0.2) is 43.1 Å². The van der Waals surface area contributed by atoms with E-state index in [2.05, 4.69) is 5.92 Å². The molecule has 10 rings (SSSR count). The highest BCUT2D eigenvalue weighted by molar-refractivity contribution is 5.92. The Balaban J connectivity index is 1.12. The summed E-state index contributed by atoms with van der Waals surface area (Å²) in [6.07, 6.45) is -10.8. The van der Waals surface area contributed by atoms with Crippen molar-refractivity contribution in [2.24, 2.45) is 0 Å². The fourth-order valence-corrected chi connectivity index (χ4v) is 9.49. The Hall–Kier alpha value is -9.28. The molecular weight excluding hydrogens is 1040 g/mol. The van der Waals surface area contributed by atoms with Gasteiger partial charge in [-0.05, 0) is 72.8 Å². The average molecular weight is 1090 g/mol. The second kappa shape index (κ2) is 25.7. The van der Waals surface area contributed by atoms with Crippen LogP contribution in [-0.4, -0.2) is 110 Å². The lowest BCUT2D eigenvalue weighted by atomic mass is 9.95. The SMILES string of the molecule is C#CCC1(c2ccccc2)O[C@H]2O[C@H](COC(=O)c3ccccc3)[C@@H](O[C@@H]3O[C@H](COC(=O)c4ccccc4)[C@H](OC(=O)c4ccccc4)[C@H](OC(=O)c4ccccc4)[C@H]3OC(=O)c3ccccc3)[C@H](OC(=O)c3ccccc3)[C@H]2O1. The summed E-state index contributed by atoms with van der Waals surface area (Å²) in [5.41, 5.74) is 1.08. The molecule has 0 radical (unpaired) electrons. The second-order valence-corrected chi connectivity index (χ2v) is 18.8. The zero-order valence-electron chi connectivity index (χ0n) is 43.1. The van der Waals surface area contributed by atoms with Crippen LogP contribution < -0.4 is 0 Å². The Kier molecular flexibility index (Phi) is 17.4. The van der Waals surface area contributed by atoms with Crippen molar-refractivity contribution in [1.29, 1.82) is 0 Å². The summed E-state index contributed by atoms with van der Waals surface area (Å²) in [5, 5.41) is 0. The van der Waals surface area contributed by atoms with Crippen molar-refractivity contribution in [2.75, 3.05) is 13.2 Å². The van der Waals surface area contributed by atoms with E-state index in [-0.39, 0.29) is 39.8 Å². The molecule has 0 aliphatic carbocycles. The monoisotopic (exact) mass is 1090 g/mol. The Morgan fingerprint density at radius 2 is 0.741 bits per heavy atom. The van der Waals surface area contributed by atoms with E-state index in [0.717, 1.165) is 0 Å². The molecule has 0 spiro atoms. The highest BCUT2D eigenvalue weighted by atomic mass is 16.8. The first-order valence-corrected chi connectivity index (χ1v) is 25.9. The van der Waals surface area contributed by atoms with Crippen LogP contribution in [0.15, 0.2) is 212 Å². The molecule has 0 N–H and O–H groups in total. The van der Waals surface area contributed by atoms with E-state index in [0.29, 0.717) is 5.56 Å². The van der Waals surface area contributed by atoms with E-state index in [4.69, 9.17) is 58.5 Å². The minimum Gasteiger partial charge on any atom is -0.459 e. The molecule has 0 saturated carbocycles. The summed E-state index contributed by atoms with van der Waals surface area (Å²) in [4.78, 5) is 85.5. The number of hydrogen-bond acceptors (Lipinski definition) is 17. The summed E-state index contributed by atoms with van der Waals surface area (Å²) < 4.78 is 71.3. The number of carbonyl (C=O) groups is 6. The van der Waals surface area contributed by atoms with Gasteiger partial charge in [-0.15, -0.1) is 12.3 Å². The molecule has 0 amide bonds. The quantitative estimate of drug-likeness (QED) is 0.0448. The molecule has 0 aromatic heterocycles. The third kappa shape index (κ3) is 12.9. The highest BCUT2D eigenvalue weighted by Gasteiger charge is 2.62. The number of ether oxygens (including phenoxy) is 11. The lowest BCUT2D eigenvalue weighted by Gasteiger charge is -2.47. The Morgan fingerprint density at radius 3 is 1.15 bits per heavy atom. The first-order valence-electron chi connectivity index (χ1n) is 25.9. The number of terminal acetylenes is 1. The van der Waals surface area contributed by atoms with Crippen molar-refractivity contribution in [2.45, 2.75) is 73.6 Å². The van der Waals surface area contributed by atoms with Crippen LogP contribution in [0.25, 0.3) is 0 Å². The van der Waals surface area contributed by atoms with E-state index >= 15 is 0 Å². The molecule has 81 heavy (non-hydrogen) atoms. The van der Waals surface area contributed by atoms with Crippen molar-refractivity contribution < 1.29 is 80.9 Å². The molecule has 11 atom stereocenters. The number of hydrogen-bond donors (Lipinski definition) is 0. The maximum absolute atomic E-state index is 14.6. The van der Waals surface area contributed by atoms with Crippen LogP contribution in [0.2, 0.25) is 0 Å². The maximum Gasteiger partial charge on any atom is 0.338 e. The third-order valence-corrected chi connectivity index (χ3v) is 13.4. The van der Waals surface area contributed by atoms with Crippen LogP contribution in [0.5, 0.6) is 0 Å².